The Morgan fingerprint density at radius 2 is 2.07 bits per heavy atom. The minimum atomic E-state index is -0.744. The van der Waals surface area contributed by atoms with E-state index >= 15 is 0 Å². The van der Waals surface area contributed by atoms with Gasteiger partial charge in [-0.3, -0.25) is 14.8 Å². The SMILES string of the molecule is CCOc1cccc(-n2c(O)c(C=C3C=Nc4ccc(Br)cc43)c(=O)[nH]c2=O)c1. The highest BCUT2D eigenvalue weighted by atomic mass is 79.9. The van der Waals surface area contributed by atoms with Crippen molar-refractivity contribution in [2.45, 2.75) is 6.92 Å². The highest BCUT2D eigenvalue weighted by Crippen LogP contribution is 2.35. The van der Waals surface area contributed by atoms with E-state index in [4.69, 9.17) is 4.74 Å². The van der Waals surface area contributed by atoms with Gasteiger partial charge in [-0.15, -0.1) is 0 Å². The molecule has 7 nitrogen and oxygen atoms in total. The van der Waals surface area contributed by atoms with Crippen molar-refractivity contribution in [2.24, 2.45) is 4.99 Å². The average molecular weight is 454 g/mol. The maximum atomic E-state index is 12.4. The summed E-state index contributed by atoms with van der Waals surface area (Å²) in [5.74, 6) is 0.0841. The zero-order chi connectivity index (χ0) is 20.5. The first-order chi connectivity index (χ1) is 14.0. The normalized spacial score (nSPS) is 13.7. The molecule has 0 atom stereocenters. The van der Waals surface area contributed by atoms with Crippen LogP contribution in [0.15, 0.2) is 61.5 Å². The molecular weight excluding hydrogens is 438 g/mol. The summed E-state index contributed by atoms with van der Waals surface area (Å²) in [6.07, 6.45) is 3.12. The fraction of sp³-hybridized carbons (Fsp3) is 0.0952. The van der Waals surface area contributed by atoms with Gasteiger partial charge in [0.25, 0.3) is 5.56 Å². The lowest BCUT2D eigenvalue weighted by atomic mass is 10.1. The highest BCUT2D eigenvalue weighted by molar-refractivity contribution is 9.10. The smallest absolute Gasteiger partial charge is 0.335 e. The minimum Gasteiger partial charge on any atom is -0.494 e. The van der Waals surface area contributed by atoms with Gasteiger partial charge in [0.2, 0.25) is 5.88 Å². The van der Waals surface area contributed by atoms with E-state index in [1.54, 1.807) is 30.5 Å². The first-order valence-electron chi connectivity index (χ1n) is 8.85. The Kier molecular flexibility index (Phi) is 4.94. The van der Waals surface area contributed by atoms with E-state index in [2.05, 4.69) is 25.9 Å². The van der Waals surface area contributed by atoms with Crippen LogP contribution in [0.2, 0.25) is 0 Å². The van der Waals surface area contributed by atoms with Crippen molar-refractivity contribution in [2.75, 3.05) is 6.61 Å². The third-order valence-corrected chi connectivity index (χ3v) is 4.91. The summed E-state index contributed by atoms with van der Waals surface area (Å²) < 4.78 is 7.35. The molecule has 0 radical (unpaired) electrons. The largest absolute Gasteiger partial charge is 0.494 e. The van der Waals surface area contributed by atoms with Gasteiger partial charge in [0, 0.05) is 27.9 Å². The fourth-order valence-electron chi connectivity index (χ4n) is 3.12. The number of hydrogen-bond acceptors (Lipinski definition) is 5. The van der Waals surface area contributed by atoms with Crippen LogP contribution >= 0.6 is 15.9 Å². The zero-order valence-corrected chi connectivity index (χ0v) is 16.9. The van der Waals surface area contributed by atoms with Gasteiger partial charge >= 0.3 is 5.69 Å². The van der Waals surface area contributed by atoms with Crippen LogP contribution < -0.4 is 16.0 Å². The molecule has 1 aliphatic rings. The van der Waals surface area contributed by atoms with E-state index in [-0.39, 0.29) is 5.56 Å². The summed E-state index contributed by atoms with van der Waals surface area (Å²) in [7, 11) is 0. The number of nitrogens with one attached hydrogen (secondary N) is 1. The number of aromatic hydroxyl groups is 1. The maximum Gasteiger partial charge on any atom is 0.335 e. The quantitative estimate of drug-likeness (QED) is 0.629. The van der Waals surface area contributed by atoms with Gasteiger partial charge in [-0.1, -0.05) is 22.0 Å². The second-order valence-electron chi connectivity index (χ2n) is 6.28. The lowest BCUT2D eigenvalue weighted by molar-refractivity contribution is 0.340. The van der Waals surface area contributed by atoms with Crippen LogP contribution in [0.5, 0.6) is 11.6 Å². The third-order valence-electron chi connectivity index (χ3n) is 4.42. The Morgan fingerprint density at radius 1 is 1.24 bits per heavy atom. The van der Waals surface area contributed by atoms with Crippen molar-refractivity contribution in [3.8, 4) is 17.3 Å². The predicted molar refractivity (Wildman–Crippen MR) is 116 cm³/mol. The molecule has 8 heteroatoms. The summed E-state index contributed by atoms with van der Waals surface area (Å²) in [6.45, 7) is 2.31. The van der Waals surface area contributed by atoms with Crippen molar-refractivity contribution in [1.29, 1.82) is 0 Å². The number of hydrogen-bond donors (Lipinski definition) is 2. The number of halogens is 1. The van der Waals surface area contributed by atoms with Crippen LogP contribution in [0.25, 0.3) is 17.3 Å². The Morgan fingerprint density at radius 3 is 2.86 bits per heavy atom. The zero-order valence-electron chi connectivity index (χ0n) is 15.3. The van der Waals surface area contributed by atoms with Gasteiger partial charge in [-0.2, -0.15) is 0 Å². The molecular formula is C21H16BrN3O4. The number of aliphatic imine (C=N–C) groups is 1. The Bertz CT molecular complexity index is 1290. The van der Waals surface area contributed by atoms with E-state index in [0.29, 0.717) is 23.6 Å². The topological polar surface area (TPSA) is 96.7 Å². The summed E-state index contributed by atoms with van der Waals surface area (Å²) in [6, 6.07) is 12.3. The van der Waals surface area contributed by atoms with Crippen molar-refractivity contribution in [3.05, 3.63) is 78.9 Å². The minimum absolute atomic E-state index is 0.0410. The number of aromatic amines is 1. The molecule has 4 rings (SSSR count). The van der Waals surface area contributed by atoms with Gasteiger partial charge in [0.15, 0.2) is 0 Å². The molecule has 2 aromatic carbocycles. The summed E-state index contributed by atoms with van der Waals surface area (Å²) in [4.78, 5) is 31.4. The van der Waals surface area contributed by atoms with Crippen LogP contribution in [-0.4, -0.2) is 27.5 Å². The molecule has 0 saturated carbocycles. The van der Waals surface area contributed by atoms with Crippen molar-refractivity contribution in [3.63, 3.8) is 0 Å². The van der Waals surface area contributed by atoms with Crippen LogP contribution in [0, 0.1) is 0 Å². The Balaban J connectivity index is 1.88. The van der Waals surface area contributed by atoms with E-state index in [0.717, 1.165) is 20.3 Å². The van der Waals surface area contributed by atoms with Crippen molar-refractivity contribution < 1.29 is 9.84 Å². The number of fused-ring (bicyclic) bond motifs is 1. The van der Waals surface area contributed by atoms with Crippen molar-refractivity contribution in [1.82, 2.24) is 9.55 Å². The average Bonchev–Trinajstić information content (AvgIpc) is 3.07. The lowest BCUT2D eigenvalue weighted by Gasteiger charge is -2.11. The van der Waals surface area contributed by atoms with Crippen LogP contribution in [0.4, 0.5) is 5.69 Å². The first kappa shape index (κ1) is 18.9. The second-order valence-corrected chi connectivity index (χ2v) is 7.20. The molecule has 0 saturated heterocycles. The summed E-state index contributed by atoms with van der Waals surface area (Å²) in [5.41, 5.74) is 1.12. The van der Waals surface area contributed by atoms with Crippen LogP contribution in [0.1, 0.15) is 18.1 Å². The number of aromatic nitrogens is 2. The standard InChI is InChI=1S/C21H16BrN3O4/c1-2-29-15-5-3-4-14(10-15)25-20(27)17(19(26)24-21(25)28)8-12-11-23-18-7-6-13(22)9-16(12)18/h3-11,27H,2H2,1H3,(H,24,26,28). The molecule has 0 spiro atoms. The molecule has 1 aliphatic heterocycles. The molecule has 0 amide bonds. The van der Waals surface area contributed by atoms with Gasteiger partial charge < -0.3 is 9.84 Å². The molecule has 0 fully saturated rings. The Hall–Kier alpha value is -3.39. The fourth-order valence-corrected chi connectivity index (χ4v) is 3.48. The van der Waals surface area contributed by atoms with E-state index < -0.39 is 17.1 Å². The molecule has 0 bridgehead atoms. The lowest BCUT2D eigenvalue weighted by Crippen LogP contribution is -2.30. The first-order valence-corrected chi connectivity index (χ1v) is 9.64. The van der Waals surface area contributed by atoms with Gasteiger partial charge in [-0.05, 0) is 43.3 Å². The Labute approximate surface area is 173 Å². The summed E-state index contributed by atoms with van der Waals surface area (Å²) >= 11 is 3.42. The molecule has 0 unspecified atom stereocenters. The van der Waals surface area contributed by atoms with Gasteiger partial charge in [0.05, 0.1) is 18.0 Å². The monoisotopic (exact) mass is 453 g/mol. The molecule has 1 aromatic heterocycles. The van der Waals surface area contributed by atoms with Gasteiger partial charge in [-0.25, -0.2) is 9.36 Å². The number of H-pyrrole nitrogens is 1. The van der Waals surface area contributed by atoms with Crippen molar-refractivity contribution >= 4 is 39.5 Å². The van der Waals surface area contributed by atoms with E-state index in [1.165, 1.54) is 6.08 Å². The van der Waals surface area contributed by atoms with E-state index in [9.17, 15) is 14.7 Å². The second kappa shape index (κ2) is 7.56. The third kappa shape index (κ3) is 3.54. The number of rotatable bonds is 4. The summed E-state index contributed by atoms with van der Waals surface area (Å²) in [5, 5.41) is 10.8. The highest BCUT2D eigenvalue weighted by Gasteiger charge is 2.18. The number of allylic oxidation sites excluding steroid dienone is 1. The predicted octanol–water partition coefficient (Wildman–Crippen LogP) is 3.65. The molecule has 29 heavy (non-hydrogen) atoms. The molecule has 2 heterocycles. The van der Waals surface area contributed by atoms with Gasteiger partial charge in [0.1, 0.15) is 11.3 Å². The molecule has 3 aromatic rings. The number of ether oxygens (including phenoxy) is 1. The maximum absolute atomic E-state index is 12.4. The molecule has 0 aliphatic carbocycles. The van der Waals surface area contributed by atoms with Crippen LogP contribution in [-0.2, 0) is 0 Å². The van der Waals surface area contributed by atoms with E-state index in [1.807, 2.05) is 25.1 Å². The van der Waals surface area contributed by atoms with Crippen LogP contribution in [0.3, 0.4) is 0 Å². The molecule has 2 N–H and O–H groups in total. The molecule has 146 valence electrons. The number of benzene rings is 2. The number of nitrogens with zero attached hydrogens (tertiary/aromatic N) is 2.